The van der Waals surface area contributed by atoms with Gasteiger partial charge in [-0.25, -0.2) is 0 Å². The third kappa shape index (κ3) is 4.06. The van der Waals surface area contributed by atoms with Crippen LogP contribution in [0.5, 0.6) is 11.5 Å². The van der Waals surface area contributed by atoms with Gasteiger partial charge in [0.15, 0.2) is 16.6 Å². The van der Waals surface area contributed by atoms with Gasteiger partial charge in [0, 0.05) is 11.6 Å². The van der Waals surface area contributed by atoms with E-state index in [9.17, 15) is 0 Å². The van der Waals surface area contributed by atoms with Crippen LogP contribution < -0.4 is 20.1 Å². The van der Waals surface area contributed by atoms with Gasteiger partial charge in [0.2, 0.25) is 6.79 Å². The molecule has 1 heterocycles. The van der Waals surface area contributed by atoms with Crippen molar-refractivity contribution in [3.63, 3.8) is 0 Å². The molecule has 1 aliphatic heterocycles. The standard InChI is InChI=1S/C17H17ClN2O2S/c1-11(13-4-7-15-16(8-13)22-10-21-15)20-17(23)19-9-12-2-5-14(18)6-3-12/h2-8,11H,9-10H2,1H3,(H2,19,20,23). The van der Waals surface area contributed by atoms with Gasteiger partial charge >= 0.3 is 0 Å². The first kappa shape index (κ1) is 15.9. The maximum absolute atomic E-state index is 5.87. The number of halogens is 1. The number of nitrogens with one attached hydrogen (secondary N) is 2. The van der Waals surface area contributed by atoms with Crippen LogP contribution in [0.1, 0.15) is 24.1 Å². The summed E-state index contributed by atoms with van der Waals surface area (Å²) in [6, 6.07) is 13.6. The average molecular weight is 349 g/mol. The summed E-state index contributed by atoms with van der Waals surface area (Å²) >= 11 is 11.2. The summed E-state index contributed by atoms with van der Waals surface area (Å²) < 4.78 is 10.7. The lowest BCUT2D eigenvalue weighted by Crippen LogP contribution is -2.36. The van der Waals surface area contributed by atoms with Crippen LogP contribution in [-0.2, 0) is 6.54 Å². The summed E-state index contributed by atoms with van der Waals surface area (Å²) in [5.41, 5.74) is 2.21. The van der Waals surface area contributed by atoms with Crippen molar-refractivity contribution in [1.29, 1.82) is 0 Å². The summed E-state index contributed by atoms with van der Waals surface area (Å²) in [7, 11) is 0. The number of fused-ring (bicyclic) bond motifs is 1. The molecule has 23 heavy (non-hydrogen) atoms. The van der Waals surface area contributed by atoms with Gasteiger partial charge in [-0.1, -0.05) is 29.8 Å². The number of benzene rings is 2. The van der Waals surface area contributed by atoms with E-state index in [0.717, 1.165) is 27.6 Å². The number of ether oxygens (including phenoxy) is 2. The molecule has 1 atom stereocenters. The highest BCUT2D eigenvalue weighted by atomic mass is 35.5. The Labute approximate surface area is 145 Å². The second-order valence-corrected chi connectivity index (χ2v) is 6.13. The molecular formula is C17H17ClN2O2S. The van der Waals surface area contributed by atoms with Crippen molar-refractivity contribution >= 4 is 28.9 Å². The van der Waals surface area contributed by atoms with E-state index in [0.29, 0.717) is 11.7 Å². The second kappa shape index (κ2) is 7.06. The molecule has 0 aliphatic carbocycles. The second-order valence-electron chi connectivity index (χ2n) is 5.29. The lowest BCUT2D eigenvalue weighted by Gasteiger charge is -2.17. The highest BCUT2D eigenvalue weighted by Gasteiger charge is 2.16. The van der Waals surface area contributed by atoms with Crippen LogP contribution in [-0.4, -0.2) is 11.9 Å². The van der Waals surface area contributed by atoms with Crippen LogP contribution in [0.2, 0.25) is 5.02 Å². The molecule has 0 bridgehead atoms. The highest BCUT2D eigenvalue weighted by Crippen LogP contribution is 2.34. The molecule has 0 saturated carbocycles. The molecule has 4 nitrogen and oxygen atoms in total. The molecule has 2 aromatic rings. The summed E-state index contributed by atoms with van der Waals surface area (Å²) in [6.45, 7) is 2.98. The van der Waals surface area contributed by atoms with Gasteiger partial charge in [0.25, 0.3) is 0 Å². The fraction of sp³-hybridized carbons (Fsp3) is 0.235. The third-order valence-corrected chi connectivity index (χ3v) is 4.12. The van der Waals surface area contributed by atoms with Gasteiger partial charge < -0.3 is 20.1 Å². The Balaban J connectivity index is 1.54. The third-order valence-electron chi connectivity index (χ3n) is 3.61. The number of hydrogen-bond acceptors (Lipinski definition) is 3. The molecule has 0 amide bonds. The van der Waals surface area contributed by atoms with Crippen LogP contribution >= 0.6 is 23.8 Å². The predicted molar refractivity (Wildman–Crippen MR) is 95.0 cm³/mol. The summed E-state index contributed by atoms with van der Waals surface area (Å²) in [4.78, 5) is 0. The van der Waals surface area contributed by atoms with E-state index in [4.69, 9.17) is 33.3 Å². The first-order valence-corrected chi connectivity index (χ1v) is 8.09. The lowest BCUT2D eigenvalue weighted by molar-refractivity contribution is 0.174. The van der Waals surface area contributed by atoms with Gasteiger partial charge in [0.05, 0.1) is 6.04 Å². The number of rotatable bonds is 4. The molecular weight excluding hydrogens is 332 g/mol. The van der Waals surface area contributed by atoms with Crippen molar-refractivity contribution in [3.8, 4) is 11.5 Å². The number of thiocarbonyl (C=S) groups is 1. The minimum absolute atomic E-state index is 0.0646. The Kier molecular flexibility index (Phi) is 4.88. The monoisotopic (exact) mass is 348 g/mol. The number of hydrogen-bond donors (Lipinski definition) is 2. The van der Waals surface area contributed by atoms with Crippen molar-refractivity contribution in [1.82, 2.24) is 10.6 Å². The molecule has 1 unspecified atom stereocenters. The van der Waals surface area contributed by atoms with Crippen molar-refractivity contribution in [2.45, 2.75) is 19.5 Å². The molecule has 0 spiro atoms. The summed E-state index contributed by atoms with van der Waals surface area (Å²) in [5, 5.41) is 7.79. The van der Waals surface area contributed by atoms with Gasteiger partial charge in [-0.3, -0.25) is 0 Å². The van der Waals surface area contributed by atoms with Gasteiger partial charge in [-0.05, 0) is 54.5 Å². The van der Waals surface area contributed by atoms with Crippen molar-refractivity contribution < 1.29 is 9.47 Å². The summed E-state index contributed by atoms with van der Waals surface area (Å²) in [5.74, 6) is 1.56. The minimum atomic E-state index is 0.0646. The van der Waals surface area contributed by atoms with E-state index in [1.807, 2.05) is 49.4 Å². The van der Waals surface area contributed by atoms with Gasteiger partial charge in [-0.15, -0.1) is 0 Å². The van der Waals surface area contributed by atoms with E-state index in [1.165, 1.54) is 0 Å². The van der Waals surface area contributed by atoms with Crippen molar-refractivity contribution in [2.24, 2.45) is 0 Å². The largest absolute Gasteiger partial charge is 0.454 e. The zero-order valence-electron chi connectivity index (χ0n) is 12.6. The molecule has 1 aliphatic rings. The molecule has 0 fully saturated rings. The Hall–Kier alpha value is -1.98. The molecule has 2 aromatic carbocycles. The van der Waals surface area contributed by atoms with E-state index in [1.54, 1.807) is 0 Å². The van der Waals surface area contributed by atoms with E-state index < -0.39 is 0 Å². The maximum atomic E-state index is 5.87. The van der Waals surface area contributed by atoms with Crippen LogP contribution in [0.4, 0.5) is 0 Å². The van der Waals surface area contributed by atoms with Gasteiger partial charge in [-0.2, -0.15) is 0 Å². The zero-order chi connectivity index (χ0) is 16.2. The summed E-state index contributed by atoms with van der Waals surface area (Å²) in [6.07, 6.45) is 0. The van der Waals surface area contributed by atoms with Crippen LogP contribution in [0, 0.1) is 0 Å². The van der Waals surface area contributed by atoms with Crippen LogP contribution in [0.25, 0.3) is 0 Å². The fourth-order valence-corrected chi connectivity index (χ4v) is 2.67. The molecule has 3 rings (SSSR count). The van der Waals surface area contributed by atoms with Crippen molar-refractivity contribution in [3.05, 3.63) is 58.6 Å². The topological polar surface area (TPSA) is 42.5 Å². The molecule has 6 heteroatoms. The molecule has 0 radical (unpaired) electrons. The Morgan fingerprint density at radius 1 is 1.17 bits per heavy atom. The van der Waals surface area contributed by atoms with E-state index >= 15 is 0 Å². The Morgan fingerprint density at radius 3 is 2.70 bits per heavy atom. The average Bonchev–Trinajstić information content (AvgIpc) is 3.02. The van der Waals surface area contributed by atoms with Crippen LogP contribution in [0.3, 0.4) is 0 Å². The Morgan fingerprint density at radius 2 is 1.91 bits per heavy atom. The molecule has 0 saturated heterocycles. The van der Waals surface area contributed by atoms with E-state index in [2.05, 4.69) is 10.6 Å². The predicted octanol–water partition coefficient (Wildman–Crippen LogP) is 3.79. The quantitative estimate of drug-likeness (QED) is 0.823. The molecule has 0 aromatic heterocycles. The Bertz CT molecular complexity index is 706. The van der Waals surface area contributed by atoms with Crippen molar-refractivity contribution in [2.75, 3.05) is 6.79 Å². The van der Waals surface area contributed by atoms with Crippen LogP contribution in [0.15, 0.2) is 42.5 Å². The zero-order valence-corrected chi connectivity index (χ0v) is 14.2. The fourth-order valence-electron chi connectivity index (χ4n) is 2.30. The van der Waals surface area contributed by atoms with Gasteiger partial charge in [0.1, 0.15) is 0 Å². The maximum Gasteiger partial charge on any atom is 0.231 e. The molecule has 2 N–H and O–H groups in total. The lowest BCUT2D eigenvalue weighted by atomic mass is 10.1. The SMILES string of the molecule is CC(NC(=S)NCc1ccc(Cl)cc1)c1ccc2c(c1)OCO2. The van der Waals surface area contributed by atoms with E-state index in [-0.39, 0.29) is 12.8 Å². The smallest absolute Gasteiger partial charge is 0.231 e. The highest BCUT2D eigenvalue weighted by molar-refractivity contribution is 7.80. The first-order valence-electron chi connectivity index (χ1n) is 7.30. The first-order chi connectivity index (χ1) is 11.1. The molecule has 120 valence electrons. The normalized spacial score (nSPS) is 13.5. The minimum Gasteiger partial charge on any atom is -0.454 e.